The molecule has 2 heterocycles. The summed E-state index contributed by atoms with van der Waals surface area (Å²) in [6.07, 6.45) is 1.96. The molecule has 1 aromatic heterocycles. The summed E-state index contributed by atoms with van der Waals surface area (Å²) in [4.78, 5) is 12.9. The molecule has 1 amide bonds. The third-order valence-corrected chi connectivity index (χ3v) is 4.85. The lowest BCUT2D eigenvalue weighted by molar-refractivity contribution is 0.0677. The number of benzene rings is 2. The van der Waals surface area contributed by atoms with E-state index in [-0.39, 0.29) is 17.4 Å². The molecule has 0 saturated heterocycles. The topological polar surface area (TPSA) is 66.0 Å². The van der Waals surface area contributed by atoms with Gasteiger partial charge in [-0.05, 0) is 35.9 Å². The maximum atomic E-state index is 12.9. The first-order chi connectivity index (χ1) is 12.6. The third kappa shape index (κ3) is 3.04. The standard InChI is InChI=1S/C20H15BrN2O3/c21-14-9-7-13(8-10-14)16-12-17(15-4-1-2-5-18(15)24)23(22-16)20(25)19-6-3-11-26-19/h1-11,17,24H,12H2/t17-/m1/s1. The zero-order chi connectivity index (χ0) is 18.1. The number of para-hydroxylation sites is 1. The van der Waals surface area contributed by atoms with Gasteiger partial charge in [0.25, 0.3) is 0 Å². The molecule has 0 aliphatic carbocycles. The Balaban J connectivity index is 1.75. The molecular formula is C20H15BrN2O3. The summed E-state index contributed by atoms with van der Waals surface area (Å²) in [6.45, 7) is 0. The predicted molar refractivity (Wildman–Crippen MR) is 101 cm³/mol. The summed E-state index contributed by atoms with van der Waals surface area (Å²) in [6, 6.07) is 17.7. The van der Waals surface area contributed by atoms with E-state index in [0.717, 1.165) is 15.7 Å². The highest BCUT2D eigenvalue weighted by Crippen LogP contribution is 2.37. The molecule has 0 spiro atoms. The SMILES string of the molecule is O=C(c1ccco1)N1N=C(c2ccc(Br)cc2)C[C@@H]1c1ccccc1O. The Hall–Kier alpha value is -2.86. The molecule has 1 N–H and O–H groups in total. The lowest BCUT2D eigenvalue weighted by Crippen LogP contribution is -2.26. The molecule has 0 bridgehead atoms. The highest BCUT2D eigenvalue weighted by atomic mass is 79.9. The first-order valence-electron chi connectivity index (χ1n) is 8.12. The molecule has 6 heteroatoms. The van der Waals surface area contributed by atoms with Crippen LogP contribution in [0.3, 0.4) is 0 Å². The molecule has 1 aliphatic rings. The maximum Gasteiger partial charge on any atom is 0.310 e. The summed E-state index contributed by atoms with van der Waals surface area (Å²) >= 11 is 3.42. The molecule has 2 aromatic carbocycles. The van der Waals surface area contributed by atoms with Crippen LogP contribution in [-0.2, 0) is 0 Å². The molecule has 3 aromatic rings. The molecule has 1 atom stereocenters. The second kappa shape index (κ2) is 6.80. The molecule has 5 nitrogen and oxygen atoms in total. The first-order valence-corrected chi connectivity index (χ1v) is 8.91. The van der Waals surface area contributed by atoms with Gasteiger partial charge >= 0.3 is 5.91 Å². The van der Waals surface area contributed by atoms with Crippen LogP contribution in [0.25, 0.3) is 0 Å². The number of hydrogen-bond donors (Lipinski definition) is 1. The van der Waals surface area contributed by atoms with E-state index in [2.05, 4.69) is 21.0 Å². The number of phenolic OH excluding ortho intramolecular Hbond substituents is 1. The largest absolute Gasteiger partial charge is 0.508 e. The van der Waals surface area contributed by atoms with Crippen LogP contribution in [-0.4, -0.2) is 21.7 Å². The number of carbonyl (C=O) groups is 1. The van der Waals surface area contributed by atoms with E-state index in [0.29, 0.717) is 12.0 Å². The van der Waals surface area contributed by atoms with Crippen molar-refractivity contribution in [3.05, 3.63) is 88.3 Å². The van der Waals surface area contributed by atoms with Crippen molar-refractivity contribution in [1.82, 2.24) is 5.01 Å². The monoisotopic (exact) mass is 410 g/mol. The van der Waals surface area contributed by atoms with Crippen LogP contribution >= 0.6 is 15.9 Å². The average Bonchev–Trinajstić information content (AvgIpc) is 3.32. The number of hydrogen-bond acceptors (Lipinski definition) is 4. The number of hydrazone groups is 1. The number of phenols is 1. The number of carbonyl (C=O) groups excluding carboxylic acids is 1. The number of rotatable bonds is 3. The van der Waals surface area contributed by atoms with Gasteiger partial charge in [0.05, 0.1) is 18.0 Å². The van der Waals surface area contributed by atoms with Crippen molar-refractivity contribution in [2.75, 3.05) is 0 Å². The molecule has 0 saturated carbocycles. The summed E-state index contributed by atoms with van der Waals surface area (Å²) < 4.78 is 6.22. The minimum atomic E-state index is -0.396. The van der Waals surface area contributed by atoms with Crippen molar-refractivity contribution in [1.29, 1.82) is 0 Å². The van der Waals surface area contributed by atoms with Gasteiger partial charge in [0.15, 0.2) is 5.76 Å². The fourth-order valence-electron chi connectivity index (χ4n) is 3.04. The summed E-state index contributed by atoms with van der Waals surface area (Å²) in [5, 5.41) is 16.2. The first kappa shape index (κ1) is 16.6. The van der Waals surface area contributed by atoms with Gasteiger partial charge in [-0.3, -0.25) is 4.79 Å². The van der Waals surface area contributed by atoms with Gasteiger partial charge in [-0.15, -0.1) is 0 Å². The Labute approximate surface area is 158 Å². The van der Waals surface area contributed by atoms with Crippen molar-refractivity contribution in [3.8, 4) is 5.75 Å². The van der Waals surface area contributed by atoms with E-state index in [1.54, 1.807) is 24.3 Å². The smallest absolute Gasteiger partial charge is 0.310 e. The number of furan rings is 1. The summed E-state index contributed by atoms with van der Waals surface area (Å²) in [5.74, 6) is 0.0172. The van der Waals surface area contributed by atoms with Crippen LogP contribution in [0.5, 0.6) is 5.75 Å². The number of amides is 1. The molecular weight excluding hydrogens is 396 g/mol. The van der Waals surface area contributed by atoms with E-state index in [9.17, 15) is 9.90 Å². The van der Waals surface area contributed by atoms with Gasteiger partial charge in [-0.2, -0.15) is 5.10 Å². The minimum absolute atomic E-state index is 0.141. The van der Waals surface area contributed by atoms with Crippen molar-refractivity contribution < 1.29 is 14.3 Å². The lowest BCUT2D eigenvalue weighted by Gasteiger charge is -2.21. The van der Waals surface area contributed by atoms with Crippen molar-refractivity contribution >= 4 is 27.5 Å². The normalized spacial score (nSPS) is 16.6. The predicted octanol–water partition coefficient (Wildman–Crippen LogP) is 4.74. The zero-order valence-corrected chi connectivity index (χ0v) is 15.3. The van der Waals surface area contributed by atoms with Crippen LogP contribution in [0, 0.1) is 0 Å². The Morgan fingerprint density at radius 1 is 1.12 bits per heavy atom. The van der Waals surface area contributed by atoms with Crippen molar-refractivity contribution in [2.45, 2.75) is 12.5 Å². The van der Waals surface area contributed by atoms with E-state index >= 15 is 0 Å². The highest BCUT2D eigenvalue weighted by molar-refractivity contribution is 9.10. The van der Waals surface area contributed by atoms with E-state index in [4.69, 9.17) is 4.42 Å². The van der Waals surface area contributed by atoms with Gasteiger partial charge in [0.1, 0.15) is 5.75 Å². The van der Waals surface area contributed by atoms with E-state index in [1.807, 2.05) is 36.4 Å². The lowest BCUT2D eigenvalue weighted by atomic mass is 9.97. The van der Waals surface area contributed by atoms with Gasteiger partial charge in [0.2, 0.25) is 0 Å². The Kier molecular flexibility index (Phi) is 4.34. The van der Waals surface area contributed by atoms with Gasteiger partial charge in [0, 0.05) is 16.5 Å². The number of nitrogens with zero attached hydrogens (tertiary/aromatic N) is 2. The molecule has 0 unspecified atom stereocenters. The molecule has 0 radical (unpaired) electrons. The van der Waals surface area contributed by atoms with Gasteiger partial charge in [-0.1, -0.05) is 46.3 Å². The molecule has 4 rings (SSSR count). The fraction of sp³-hybridized carbons (Fsp3) is 0.100. The van der Waals surface area contributed by atoms with Gasteiger partial charge < -0.3 is 9.52 Å². The number of halogens is 1. The average molecular weight is 411 g/mol. The summed E-state index contributed by atoms with van der Waals surface area (Å²) in [7, 11) is 0. The molecule has 1 aliphatic heterocycles. The van der Waals surface area contributed by atoms with E-state index < -0.39 is 6.04 Å². The third-order valence-electron chi connectivity index (χ3n) is 4.32. The molecule has 26 heavy (non-hydrogen) atoms. The van der Waals surface area contributed by atoms with Gasteiger partial charge in [-0.25, -0.2) is 5.01 Å². The highest BCUT2D eigenvalue weighted by Gasteiger charge is 2.35. The second-order valence-corrected chi connectivity index (χ2v) is 6.88. The Bertz CT molecular complexity index is 965. The van der Waals surface area contributed by atoms with Crippen LogP contribution in [0.15, 0.2) is 80.9 Å². The maximum absolute atomic E-state index is 12.9. The molecule has 0 fully saturated rings. The summed E-state index contributed by atoms with van der Waals surface area (Å²) in [5.41, 5.74) is 2.37. The minimum Gasteiger partial charge on any atom is -0.508 e. The van der Waals surface area contributed by atoms with Crippen LogP contribution < -0.4 is 0 Å². The fourth-order valence-corrected chi connectivity index (χ4v) is 3.30. The van der Waals surface area contributed by atoms with E-state index in [1.165, 1.54) is 11.3 Å². The van der Waals surface area contributed by atoms with Crippen LogP contribution in [0.2, 0.25) is 0 Å². The zero-order valence-electron chi connectivity index (χ0n) is 13.7. The molecule has 130 valence electrons. The van der Waals surface area contributed by atoms with Crippen LogP contribution in [0.4, 0.5) is 0 Å². The quantitative estimate of drug-likeness (QED) is 0.677. The number of aromatic hydroxyl groups is 1. The Morgan fingerprint density at radius 2 is 1.88 bits per heavy atom. The van der Waals surface area contributed by atoms with Crippen LogP contribution in [0.1, 0.15) is 34.1 Å². The van der Waals surface area contributed by atoms with Crippen molar-refractivity contribution in [3.63, 3.8) is 0 Å². The second-order valence-electron chi connectivity index (χ2n) is 5.96. The Morgan fingerprint density at radius 3 is 2.58 bits per heavy atom. The van der Waals surface area contributed by atoms with Crippen molar-refractivity contribution in [2.24, 2.45) is 5.10 Å².